The summed E-state index contributed by atoms with van der Waals surface area (Å²) >= 11 is 0. The Morgan fingerprint density at radius 1 is 1.47 bits per heavy atom. The van der Waals surface area contributed by atoms with E-state index in [0.29, 0.717) is 17.3 Å². The first-order chi connectivity index (χ1) is 8.11. The average Bonchev–Trinajstić information content (AvgIpc) is 2.75. The molecule has 0 spiro atoms. The zero-order chi connectivity index (χ0) is 12.4. The second-order valence-corrected chi connectivity index (χ2v) is 3.30. The minimum atomic E-state index is -0.490. The predicted octanol–water partition coefficient (Wildman–Crippen LogP) is 1.37. The number of aromatic nitrogens is 2. The highest BCUT2D eigenvalue weighted by Crippen LogP contribution is 2.27. The number of rotatable bonds is 3. The summed E-state index contributed by atoms with van der Waals surface area (Å²) in [7, 11) is 1.45. The molecule has 0 aliphatic heterocycles. The zero-order valence-corrected chi connectivity index (χ0v) is 9.03. The zero-order valence-electron chi connectivity index (χ0n) is 9.03. The Bertz CT molecular complexity index is 564. The lowest BCUT2D eigenvalue weighted by atomic mass is 10.2. The van der Waals surface area contributed by atoms with Crippen LogP contribution in [0.3, 0.4) is 0 Å². The molecule has 0 unspecified atom stereocenters. The van der Waals surface area contributed by atoms with Crippen LogP contribution in [0.5, 0.6) is 5.75 Å². The predicted molar refractivity (Wildman–Crippen MR) is 61.2 cm³/mol. The van der Waals surface area contributed by atoms with Crippen molar-refractivity contribution in [1.82, 2.24) is 9.78 Å². The molecule has 7 heteroatoms. The number of nitrogens with two attached hydrogens (primary N) is 1. The van der Waals surface area contributed by atoms with E-state index in [4.69, 9.17) is 10.5 Å². The fraction of sp³-hybridized carbons (Fsp3) is 0.100. The Morgan fingerprint density at radius 2 is 2.24 bits per heavy atom. The SMILES string of the molecule is COc1ccc(-n2ccc(N)n2)c([N+](=O)[O-])c1. The van der Waals surface area contributed by atoms with Crippen molar-refractivity contribution in [3.8, 4) is 11.4 Å². The highest BCUT2D eigenvalue weighted by atomic mass is 16.6. The quantitative estimate of drug-likeness (QED) is 0.639. The number of nitro groups is 1. The normalized spacial score (nSPS) is 10.2. The third-order valence-electron chi connectivity index (χ3n) is 2.24. The molecule has 0 bridgehead atoms. The number of nitro benzene ring substituents is 1. The number of benzene rings is 1. The van der Waals surface area contributed by atoms with Crippen molar-refractivity contribution >= 4 is 11.5 Å². The maximum Gasteiger partial charge on any atom is 0.298 e. The molecular weight excluding hydrogens is 224 g/mol. The lowest BCUT2D eigenvalue weighted by Crippen LogP contribution is -2.01. The van der Waals surface area contributed by atoms with Crippen molar-refractivity contribution in [2.75, 3.05) is 12.8 Å². The Labute approximate surface area is 96.6 Å². The molecule has 1 aromatic heterocycles. The molecule has 0 amide bonds. The summed E-state index contributed by atoms with van der Waals surface area (Å²) in [4.78, 5) is 10.5. The van der Waals surface area contributed by atoms with Crippen LogP contribution in [0.15, 0.2) is 30.5 Å². The average molecular weight is 234 g/mol. The fourth-order valence-corrected chi connectivity index (χ4v) is 1.44. The van der Waals surface area contributed by atoms with E-state index in [0.717, 1.165) is 0 Å². The van der Waals surface area contributed by atoms with Crippen LogP contribution in [0, 0.1) is 10.1 Å². The summed E-state index contributed by atoms with van der Waals surface area (Å²) in [6, 6.07) is 6.09. The van der Waals surface area contributed by atoms with Gasteiger partial charge in [-0.15, -0.1) is 0 Å². The highest BCUT2D eigenvalue weighted by Gasteiger charge is 2.17. The van der Waals surface area contributed by atoms with Crippen molar-refractivity contribution in [2.45, 2.75) is 0 Å². The second-order valence-electron chi connectivity index (χ2n) is 3.30. The van der Waals surface area contributed by atoms with Crippen LogP contribution in [0.2, 0.25) is 0 Å². The Hall–Kier alpha value is -2.57. The molecule has 0 saturated heterocycles. The van der Waals surface area contributed by atoms with Gasteiger partial charge in [0.1, 0.15) is 17.3 Å². The monoisotopic (exact) mass is 234 g/mol. The molecule has 88 valence electrons. The van der Waals surface area contributed by atoms with E-state index in [2.05, 4.69) is 5.10 Å². The highest BCUT2D eigenvalue weighted by molar-refractivity contribution is 5.56. The molecule has 0 aliphatic carbocycles. The van der Waals surface area contributed by atoms with Gasteiger partial charge < -0.3 is 10.5 Å². The van der Waals surface area contributed by atoms with Crippen LogP contribution in [0.1, 0.15) is 0 Å². The van der Waals surface area contributed by atoms with E-state index in [9.17, 15) is 10.1 Å². The van der Waals surface area contributed by atoms with Crippen molar-refractivity contribution < 1.29 is 9.66 Å². The Morgan fingerprint density at radius 3 is 2.76 bits per heavy atom. The summed E-state index contributed by atoms with van der Waals surface area (Å²) < 4.78 is 6.30. The maximum absolute atomic E-state index is 10.9. The third-order valence-corrected chi connectivity index (χ3v) is 2.24. The van der Waals surface area contributed by atoms with Crippen molar-refractivity contribution in [2.24, 2.45) is 0 Å². The molecular formula is C10H10N4O3. The first-order valence-electron chi connectivity index (χ1n) is 4.76. The van der Waals surface area contributed by atoms with Gasteiger partial charge in [-0.05, 0) is 12.1 Å². The van der Waals surface area contributed by atoms with Crippen LogP contribution in [0.25, 0.3) is 5.69 Å². The van der Waals surface area contributed by atoms with Crippen LogP contribution in [0.4, 0.5) is 11.5 Å². The van der Waals surface area contributed by atoms with E-state index >= 15 is 0 Å². The van der Waals surface area contributed by atoms with Crippen LogP contribution >= 0.6 is 0 Å². The van der Waals surface area contributed by atoms with Gasteiger partial charge in [0.15, 0.2) is 0 Å². The maximum atomic E-state index is 10.9. The number of nitrogens with zero attached hydrogens (tertiary/aromatic N) is 3. The smallest absolute Gasteiger partial charge is 0.298 e. The molecule has 0 atom stereocenters. The largest absolute Gasteiger partial charge is 0.496 e. The molecule has 2 aromatic rings. The van der Waals surface area contributed by atoms with Crippen molar-refractivity contribution in [3.63, 3.8) is 0 Å². The summed E-state index contributed by atoms with van der Waals surface area (Å²) in [5.41, 5.74) is 5.72. The van der Waals surface area contributed by atoms with E-state index in [-0.39, 0.29) is 5.69 Å². The Balaban J connectivity index is 2.57. The molecule has 7 nitrogen and oxygen atoms in total. The van der Waals surface area contributed by atoms with E-state index in [1.54, 1.807) is 24.4 Å². The summed E-state index contributed by atoms with van der Waals surface area (Å²) in [5.74, 6) is 0.718. The third kappa shape index (κ3) is 2.03. The fourth-order valence-electron chi connectivity index (χ4n) is 1.44. The molecule has 0 saturated carbocycles. The number of ether oxygens (including phenoxy) is 1. The van der Waals surface area contributed by atoms with Gasteiger partial charge in [-0.25, -0.2) is 4.68 Å². The number of hydrogen-bond donors (Lipinski definition) is 1. The van der Waals surface area contributed by atoms with E-state index in [1.807, 2.05) is 0 Å². The molecule has 17 heavy (non-hydrogen) atoms. The molecule has 0 aliphatic rings. The molecule has 0 fully saturated rings. The molecule has 1 heterocycles. The topological polar surface area (TPSA) is 96.2 Å². The van der Waals surface area contributed by atoms with Gasteiger partial charge in [0, 0.05) is 12.3 Å². The lowest BCUT2D eigenvalue weighted by molar-refractivity contribution is -0.384. The van der Waals surface area contributed by atoms with Crippen LogP contribution in [-0.4, -0.2) is 21.8 Å². The molecule has 0 radical (unpaired) electrons. The van der Waals surface area contributed by atoms with Crippen molar-refractivity contribution in [3.05, 3.63) is 40.6 Å². The van der Waals surface area contributed by atoms with Gasteiger partial charge in [0.2, 0.25) is 0 Å². The minimum absolute atomic E-state index is 0.0903. The summed E-state index contributed by atoms with van der Waals surface area (Å²) in [6.07, 6.45) is 1.56. The molecule has 1 aromatic carbocycles. The van der Waals surface area contributed by atoms with E-state index in [1.165, 1.54) is 17.9 Å². The van der Waals surface area contributed by atoms with Crippen LogP contribution in [-0.2, 0) is 0 Å². The van der Waals surface area contributed by atoms with Crippen LogP contribution < -0.4 is 10.5 Å². The number of hydrogen-bond acceptors (Lipinski definition) is 5. The van der Waals surface area contributed by atoms with Gasteiger partial charge >= 0.3 is 0 Å². The Kier molecular flexibility index (Phi) is 2.65. The lowest BCUT2D eigenvalue weighted by Gasteiger charge is -2.05. The summed E-state index contributed by atoms with van der Waals surface area (Å²) in [6.45, 7) is 0. The first-order valence-corrected chi connectivity index (χ1v) is 4.76. The second kappa shape index (κ2) is 4.12. The first kappa shape index (κ1) is 10.9. The van der Waals surface area contributed by atoms with Gasteiger partial charge in [0.25, 0.3) is 5.69 Å². The van der Waals surface area contributed by atoms with E-state index < -0.39 is 4.92 Å². The van der Waals surface area contributed by atoms with Gasteiger partial charge in [-0.2, -0.15) is 5.10 Å². The molecule has 2 rings (SSSR count). The summed E-state index contributed by atoms with van der Waals surface area (Å²) in [5, 5.41) is 14.9. The molecule has 2 N–H and O–H groups in total. The number of anilines is 1. The standard InChI is InChI=1S/C10H10N4O3/c1-17-7-2-3-8(9(6-7)14(15)16)13-5-4-10(11)12-13/h2-6H,1H3,(H2,11,12). The van der Waals surface area contributed by atoms with Gasteiger partial charge in [0.05, 0.1) is 18.1 Å². The van der Waals surface area contributed by atoms with Crippen molar-refractivity contribution in [1.29, 1.82) is 0 Å². The minimum Gasteiger partial charge on any atom is -0.496 e. The van der Waals surface area contributed by atoms with Gasteiger partial charge in [-0.3, -0.25) is 10.1 Å². The number of nitrogen functional groups attached to an aromatic ring is 1. The number of methoxy groups -OCH3 is 1. The van der Waals surface area contributed by atoms with Gasteiger partial charge in [-0.1, -0.05) is 0 Å².